The molecule has 1 atom stereocenters. The van der Waals surface area contributed by atoms with Crippen LogP contribution >= 0.6 is 11.6 Å². The quantitative estimate of drug-likeness (QED) is 0.768. The molecule has 2 rings (SSSR count). The predicted molar refractivity (Wildman–Crippen MR) is 57.1 cm³/mol. The third-order valence-corrected chi connectivity index (χ3v) is 2.44. The first-order valence-electron chi connectivity index (χ1n) is 4.66. The summed E-state index contributed by atoms with van der Waals surface area (Å²) in [6.45, 7) is 3.05. The molecule has 0 spiro atoms. The van der Waals surface area contributed by atoms with E-state index in [1.165, 1.54) is 5.57 Å². The van der Waals surface area contributed by atoms with Crippen molar-refractivity contribution in [3.05, 3.63) is 29.3 Å². The van der Waals surface area contributed by atoms with Gasteiger partial charge in [-0.15, -0.1) is 0 Å². The molecule has 1 aliphatic heterocycles. The lowest BCUT2D eigenvalue weighted by atomic mass is 10.0. The first kappa shape index (κ1) is 9.62. The van der Waals surface area contributed by atoms with Crippen molar-refractivity contribution in [3.8, 4) is 0 Å². The second kappa shape index (κ2) is 4.07. The van der Waals surface area contributed by atoms with Gasteiger partial charge in [0.1, 0.15) is 0 Å². The predicted octanol–water partition coefficient (Wildman–Crippen LogP) is 1.90. The normalized spacial score (nSPS) is 21.9. The lowest BCUT2D eigenvalue weighted by Gasteiger charge is -2.19. The number of aromatic nitrogens is 2. The fourth-order valence-corrected chi connectivity index (χ4v) is 1.63. The van der Waals surface area contributed by atoms with Gasteiger partial charge in [-0.2, -0.15) is 0 Å². The van der Waals surface area contributed by atoms with Crippen molar-refractivity contribution in [2.45, 2.75) is 19.4 Å². The molecule has 0 saturated carbocycles. The first-order valence-corrected chi connectivity index (χ1v) is 5.04. The lowest BCUT2D eigenvalue weighted by molar-refractivity contribution is 0.577. The summed E-state index contributed by atoms with van der Waals surface area (Å²) in [5.41, 5.74) is 1.20. The molecule has 0 aromatic carbocycles. The van der Waals surface area contributed by atoms with Crippen LogP contribution in [-0.2, 0) is 0 Å². The van der Waals surface area contributed by atoms with Gasteiger partial charge in [-0.3, -0.25) is 0 Å². The molecule has 2 heterocycles. The Morgan fingerprint density at radius 2 is 2.14 bits per heavy atom. The van der Waals surface area contributed by atoms with Gasteiger partial charge >= 0.3 is 0 Å². The van der Waals surface area contributed by atoms with E-state index in [-0.39, 0.29) is 0 Å². The fraction of sp³-hybridized carbons (Fsp3) is 0.400. The molecule has 0 saturated heterocycles. The molecule has 1 aliphatic rings. The minimum absolute atomic E-state index is 0.495. The van der Waals surface area contributed by atoms with Crippen LogP contribution in [0.5, 0.6) is 0 Å². The van der Waals surface area contributed by atoms with Gasteiger partial charge in [-0.05, 0) is 18.9 Å². The molecule has 0 amide bonds. The Bertz CT molecular complexity index is 345. The Balaban J connectivity index is 2.22. The largest absolute Gasteiger partial charge is 0.310 e. The van der Waals surface area contributed by atoms with E-state index in [1.54, 1.807) is 12.4 Å². The number of halogens is 1. The van der Waals surface area contributed by atoms with Crippen molar-refractivity contribution in [1.82, 2.24) is 15.3 Å². The van der Waals surface area contributed by atoms with Gasteiger partial charge in [0, 0.05) is 25.0 Å². The highest BCUT2D eigenvalue weighted by Gasteiger charge is 2.13. The van der Waals surface area contributed by atoms with Gasteiger partial charge in [-0.1, -0.05) is 17.7 Å². The van der Waals surface area contributed by atoms with Crippen LogP contribution < -0.4 is 5.32 Å². The molecular formula is C10H12ClN3. The van der Waals surface area contributed by atoms with Crippen molar-refractivity contribution in [2.75, 3.05) is 6.54 Å². The number of hydrogen-bond donors (Lipinski definition) is 1. The molecular weight excluding hydrogens is 198 g/mol. The van der Waals surface area contributed by atoms with Gasteiger partial charge in [0.2, 0.25) is 0 Å². The monoisotopic (exact) mass is 209 g/mol. The van der Waals surface area contributed by atoms with E-state index in [0.717, 1.165) is 18.8 Å². The molecule has 1 aromatic heterocycles. The second-order valence-corrected chi connectivity index (χ2v) is 3.90. The molecule has 0 unspecified atom stereocenters. The third kappa shape index (κ3) is 2.11. The van der Waals surface area contributed by atoms with Crippen LogP contribution in [0.3, 0.4) is 0 Å². The Labute approximate surface area is 88.2 Å². The SMILES string of the molecule is C[C@H]1CC(c2ncc(Cl)cn2)=CCN1. The Hall–Kier alpha value is -0.930. The maximum absolute atomic E-state index is 5.72. The van der Waals surface area contributed by atoms with E-state index >= 15 is 0 Å². The molecule has 4 heteroatoms. The molecule has 0 radical (unpaired) electrons. The zero-order valence-electron chi connectivity index (χ0n) is 8.00. The van der Waals surface area contributed by atoms with Crippen LogP contribution in [0.2, 0.25) is 5.02 Å². The Morgan fingerprint density at radius 1 is 1.43 bits per heavy atom. The topological polar surface area (TPSA) is 37.8 Å². The summed E-state index contributed by atoms with van der Waals surface area (Å²) in [6.07, 6.45) is 6.37. The molecule has 3 nitrogen and oxygen atoms in total. The summed E-state index contributed by atoms with van der Waals surface area (Å²) in [5.74, 6) is 0.794. The van der Waals surface area contributed by atoms with Crippen LogP contribution in [0, 0.1) is 0 Å². The van der Waals surface area contributed by atoms with Crippen molar-refractivity contribution in [2.24, 2.45) is 0 Å². The van der Waals surface area contributed by atoms with Crippen molar-refractivity contribution in [3.63, 3.8) is 0 Å². The minimum atomic E-state index is 0.495. The lowest BCUT2D eigenvalue weighted by Crippen LogP contribution is -2.30. The minimum Gasteiger partial charge on any atom is -0.310 e. The van der Waals surface area contributed by atoms with Crippen LogP contribution in [0.4, 0.5) is 0 Å². The highest BCUT2D eigenvalue weighted by atomic mass is 35.5. The third-order valence-electron chi connectivity index (χ3n) is 2.25. The van der Waals surface area contributed by atoms with Crippen LogP contribution in [0.15, 0.2) is 18.5 Å². The highest BCUT2D eigenvalue weighted by Crippen LogP contribution is 2.19. The fourth-order valence-electron chi connectivity index (χ4n) is 1.53. The number of rotatable bonds is 1. The summed E-state index contributed by atoms with van der Waals surface area (Å²) in [5, 5.41) is 3.92. The zero-order chi connectivity index (χ0) is 9.97. The molecule has 0 aliphatic carbocycles. The van der Waals surface area contributed by atoms with Crippen molar-refractivity contribution in [1.29, 1.82) is 0 Å². The number of nitrogens with one attached hydrogen (secondary N) is 1. The number of nitrogens with zero attached hydrogens (tertiary/aromatic N) is 2. The van der Waals surface area contributed by atoms with Gasteiger partial charge < -0.3 is 5.32 Å². The van der Waals surface area contributed by atoms with Crippen molar-refractivity contribution >= 4 is 17.2 Å². The second-order valence-electron chi connectivity index (χ2n) is 3.47. The van der Waals surface area contributed by atoms with Gasteiger partial charge in [0.25, 0.3) is 0 Å². The van der Waals surface area contributed by atoms with E-state index < -0.39 is 0 Å². The smallest absolute Gasteiger partial charge is 0.154 e. The molecule has 1 aromatic rings. The van der Waals surface area contributed by atoms with E-state index in [2.05, 4.69) is 28.3 Å². The molecule has 0 bridgehead atoms. The maximum Gasteiger partial charge on any atom is 0.154 e. The van der Waals surface area contributed by atoms with E-state index in [9.17, 15) is 0 Å². The maximum atomic E-state index is 5.72. The summed E-state index contributed by atoms with van der Waals surface area (Å²) in [4.78, 5) is 8.39. The van der Waals surface area contributed by atoms with E-state index in [1.807, 2.05) is 0 Å². The zero-order valence-corrected chi connectivity index (χ0v) is 8.75. The van der Waals surface area contributed by atoms with E-state index in [0.29, 0.717) is 11.1 Å². The number of hydrogen-bond acceptors (Lipinski definition) is 3. The van der Waals surface area contributed by atoms with Crippen LogP contribution in [-0.4, -0.2) is 22.6 Å². The van der Waals surface area contributed by atoms with Gasteiger partial charge in [0.15, 0.2) is 5.82 Å². The van der Waals surface area contributed by atoms with Gasteiger partial charge in [0.05, 0.1) is 5.02 Å². The average Bonchev–Trinajstić information content (AvgIpc) is 2.19. The Morgan fingerprint density at radius 3 is 2.79 bits per heavy atom. The van der Waals surface area contributed by atoms with Gasteiger partial charge in [-0.25, -0.2) is 9.97 Å². The Kier molecular flexibility index (Phi) is 2.79. The summed E-state index contributed by atoms with van der Waals surface area (Å²) < 4.78 is 0. The molecule has 0 fully saturated rings. The highest BCUT2D eigenvalue weighted by molar-refractivity contribution is 6.30. The first-order chi connectivity index (χ1) is 6.75. The summed E-state index contributed by atoms with van der Waals surface area (Å²) >= 11 is 5.72. The van der Waals surface area contributed by atoms with E-state index in [4.69, 9.17) is 11.6 Å². The molecule has 14 heavy (non-hydrogen) atoms. The summed E-state index contributed by atoms with van der Waals surface area (Å²) in [6, 6.07) is 0.495. The van der Waals surface area contributed by atoms with Crippen molar-refractivity contribution < 1.29 is 0 Å². The van der Waals surface area contributed by atoms with Crippen LogP contribution in [0.25, 0.3) is 5.57 Å². The molecule has 74 valence electrons. The standard InChI is InChI=1S/C10H12ClN3/c1-7-4-8(2-3-12-7)10-13-5-9(11)6-14-10/h2,5-7,12H,3-4H2,1H3/t7-/m0/s1. The summed E-state index contributed by atoms with van der Waals surface area (Å²) in [7, 11) is 0. The molecule has 1 N–H and O–H groups in total. The van der Waals surface area contributed by atoms with Crippen LogP contribution in [0.1, 0.15) is 19.2 Å². The average molecular weight is 210 g/mol.